The van der Waals surface area contributed by atoms with Gasteiger partial charge in [-0.1, -0.05) is 36.4 Å². The molecule has 206 valence electrons. The predicted molar refractivity (Wildman–Crippen MR) is 154 cm³/mol. The number of aliphatic hydroxyl groups is 1. The Hall–Kier alpha value is -3.07. The molecule has 3 N–H and O–H groups in total. The zero-order valence-electron chi connectivity index (χ0n) is 22.9. The Morgan fingerprint density at radius 3 is 2.62 bits per heavy atom. The quantitative estimate of drug-likeness (QED) is 0.382. The van der Waals surface area contributed by atoms with Crippen LogP contribution in [0.15, 0.2) is 60.0 Å². The van der Waals surface area contributed by atoms with Gasteiger partial charge in [0.1, 0.15) is 5.01 Å². The number of benzene rings is 2. The van der Waals surface area contributed by atoms with Crippen molar-refractivity contribution >= 4 is 23.2 Å². The van der Waals surface area contributed by atoms with Crippen LogP contribution in [0.1, 0.15) is 82.6 Å². The second kappa shape index (κ2) is 11.6. The number of amides is 2. The molecule has 2 unspecified atom stereocenters. The lowest BCUT2D eigenvalue weighted by atomic mass is 9.95. The largest absolute Gasteiger partial charge is 0.389 e. The smallest absolute Gasteiger partial charge is 0.254 e. The Morgan fingerprint density at radius 2 is 1.92 bits per heavy atom. The molecule has 2 aliphatic heterocycles. The molecule has 2 fully saturated rings. The van der Waals surface area contributed by atoms with Crippen molar-refractivity contribution in [3.05, 3.63) is 87.4 Å². The van der Waals surface area contributed by atoms with Crippen LogP contribution in [0.4, 0.5) is 0 Å². The van der Waals surface area contributed by atoms with Gasteiger partial charge in [-0.15, -0.1) is 11.3 Å². The molecule has 1 aromatic heterocycles. The number of nitrogens with zero attached hydrogens (tertiary/aromatic N) is 2. The van der Waals surface area contributed by atoms with Gasteiger partial charge in [-0.05, 0) is 76.6 Å². The molecule has 2 aliphatic rings. The number of rotatable bonds is 8. The Kier molecular flexibility index (Phi) is 8.16. The molecule has 2 amide bonds. The molecule has 3 heterocycles. The molecular formula is C31H38N4O3S. The van der Waals surface area contributed by atoms with Gasteiger partial charge in [0.2, 0.25) is 0 Å². The SMILES string of the molecule is Cc1csc(C2CCCN2C(=O)c2cccc(C(=O)N[C@@H](Cc3ccccc3)[C@H](O)C3CCC(C)(C)N3)c2)n1. The molecule has 3 aromatic rings. The van der Waals surface area contributed by atoms with Gasteiger partial charge in [-0.2, -0.15) is 0 Å². The minimum atomic E-state index is -0.757. The van der Waals surface area contributed by atoms with Crippen LogP contribution in [0.2, 0.25) is 0 Å². The molecule has 0 saturated carbocycles. The van der Waals surface area contributed by atoms with Gasteiger partial charge < -0.3 is 20.6 Å². The van der Waals surface area contributed by atoms with Crippen molar-refractivity contribution in [3.8, 4) is 0 Å². The molecular weight excluding hydrogens is 508 g/mol. The van der Waals surface area contributed by atoms with E-state index in [1.165, 1.54) is 0 Å². The molecule has 39 heavy (non-hydrogen) atoms. The monoisotopic (exact) mass is 546 g/mol. The van der Waals surface area contributed by atoms with Crippen molar-refractivity contribution in [1.29, 1.82) is 0 Å². The summed E-state index contributed by atoms with van der Waals surface area (Å²) in [6, 6.07) is 16.2. The normalized spacial score (nSPS) is 22.0. The van der Waals surface area contributed by atoms with E-state index in [4.69, 9.17) is 0 Å². The van der Waals surface area contributed by atoms with E-state index < -0.39 is 12.1 Å². The summed E-state index contributed by atoms with van der Waals surface area (Å²) in [6.07, 6.45) is 3.38. The number of carbonyl (C=O) groups excluding carboxylic acids is 2. The fraction of sp³-hybridized carbons (Fsp3) is 0.452. The molecule has 0 spiro atoms. The van der Waals surface area contributed by atoms with Crippen LogP contribution in [0.3, 0.4) is 0 Å². The van der Waals surface area contributed by atoms with E-state index in [9.17, 15) is 14.7 Å². The number of aryl methyl sites for hydroxylation is 1. The van der Waals surface area contributed by atoms with Crippen LogP contribution < -0.4 is 10.6 Å². The maximum absolute atomic E-state index is 13.5. The maximum Gasteiger partial charge on any atom is 0.254 e. The molecule has 0 radical (unpaired) electrons. The third-order valence-corrected chi connectivity index (χ3v) is 8.97. The number of hydrogen-bond donors (Lipinski definition) is 3. The van der Waals surface area contributed by atoms with Crippen molar-refractivity contribution in [3.63, 3.8) is 0 Å². The summed E-state index contributed by atoms with van der Waals surface area (Å²) in [5, 5.41) is 21.0. The number of thiazole rings is 1. The summed E-state index contributed by atoms with van der Waals surface area (Å²) in [5.41, 5.74) is 2.86. The van der Waals surface area contributed by atoms with E-state index in [0.29, 0.717) is 24.1 Å². The lowest BCUT2D eigenvalue weighted by molar-refractivity contribution is 0.0720. The fourth-order valence-corrected chi connectivity index (χ4v) is 6.77. The molecule has 5 rings (SSSR count). The standard InChI is InChI=1S/C31H38N4O3S/c1-20-19-39-29(32-20)26-13-8-16-35(26)30(38)23-12-7-11-22(18-23)28(37)33-25(17-21-9-5-4-6-10-21)27(36)24-14-15-31(2,3)34-24/h4-7,9-12,18-19,24-27,34,36H,8,13-17H2,1-3H3,(H,33,37)/t24?,25-,26?,27+/m0/s1. The molecule has 0 aliphatic carbocycles. The van der Waals surface area contributed by atoms with Crippen LogP contribution in [0, 0.1) is 6.92 Å². The first-order chi connectivity index (χ1) is 18.7. The summed E-state index contributed by atoms with van der Waals surface area (Å²) in [5.74, 6) is -0.381. The van der Waals surface area contributed by atoms with Crippen LogP contribution in [0.25, 0.3) is 0 Å². The molecule has 7 nitrogen and oxygen atoms in total. The zero-order chi connectivity index (χ0) is 27.6. The minimum Gasteiger partial charge on any atom is -0.389 e. The molecule has 0 bridgehead atoms. The number of carbonyl (C=O) groups is 2. The second-order valence-corrected chi connectivity index (χ2v) is 12.4. The Bertz CT molecular complexity index is 1310. The van der Waals surface area contributed by atoms with Gasteiger partial charge in [0, 0.05) is 40.3 Å². The first-order valence-corrected chi connectivity index (χ1v) is 14.7. The number of aliphatic hydroxyl groups excluding tert-OH is 1. The minimum absolute atomic E-state index is 0.0257. The van der Waals surface area contributed by atoms with Crippen molar-refractivity contribution in [1.82, 2.24) is 20.5 Å². The van der Waals surface area contributed by atoms with Gasteiger partial charge in [0.25, 0.3) is 11.8 Å². The highest BCUT2D eigenvalue weighted by Crippen LogP contribution is 2.35. The van der Waals surface area contributed by atoms with Crippen molar-refractivity contribution in [2.45, 2.75) is 82.6 Å². The highest BCUT2D eigenvalue weighted by Gasteiger charge is 2.38. The lowest BCUT2D eigenvalue weighted by Gasteiger charge is -2.30. The highest BCUT2D eigenvalue weighted by molar-refractivity contribution is 7.09. The first-order valence-electron chi connectivity index (χ1n) is 13.8. The average Bonchev–Trinajstić information content (AvgIpc) is 3.67. The van der Waals surface area contributed by atoms with Gasteiger partial charge in [0.05, 0.1) is 18.2 Å². The second-order valence-electron chi connectivity index (χ2n) is 11.5. The molecule has 8 heteroatoms. The van der Waals surface area contributed by atoms with E-state index in [2.05, 4.69) is 29.5 Å². The van der Waals surface area contributed by atoms with E-state index in [0.717, 1.165) is 41.9 Å². The molecule has 4 atom stereocenters. The van der Waals surface area contributed by atoms with Crippen molar-refractivity contribution in [2.24, 2.45) is 0 Å². The van der Waals surface area contributed by atoms with Gasteiger partial charge in [-0.3, -0.25) is 9.59 Å². The zero-order valence-corrected chi connectivity index (χ0v) is 23.7. The summed E-state index contributed by atoms with van der Waals surface area (Å²) in [4.78, 5) is 33.5. The van der Waals surface area contributed by atoms with E-state index >= 15 is 0 Å². The topological polar surface area (TPSA) is 94.6 Å². The average molecular weight is 547 g/mol. The van der Waals surface area contributed by atoms with Gasteiger partial charge in [-0.25, -0.2) is 4.98 Å². The number of hydrogen-bond acceptors (Lipinski definition) is 6. The van der Waals surface area contributed by atoms with E-state index in [-0.39, 0.29) is 29.4 Å². The van der Waals surface area contributed by atoms with Crippen LogP contribution >= 0.6 is 11.3 Å². The van der Waals surface area contributed by atoms with E-state index in [1.807, 2.05) is 47.5 Å². The van der Waals surface area contributed by atoms with Crippen LogP contribution in [-0.4, -0.2) is 57.1 Å². The van der Waals surface area contributed by atoms with Crippen molar-refractivity contribution < 1.29 is 14.7 Å². The highest BCUT2D eigenvalue weighted by atomic mass is 32.1. The third-order valence-electron chi connectivity index (χ3n) is 7.90. The number of likely N-dealkylation sites (tertiary alicyclic amines) is 1. The first kappa shape index (κ1) is 27.5. The maximum atomic E-state index is 13.5. The molecule has 2 aromatic carbocycles. The Morgan fingerprint density at radius 1 is 1.15 bits per heavy atom. The summed E-state index contributed by atoms with van der Waals surface area (Å²) in [7, 11) is 0. The Labute approximate surface area is 234 Å². The van der Waals surface area contributed by atoms with E-state index in [1.54, 1.807) is 35.6 Å². The van der Waals surface area contributed by atoms with Gasteiger partial charge >= 0.3 is 0 Å². The number of nitrogens with one attached hydrogen (secondary N) is 2. The van der Waals surface area contributed by atoms with Crippen LogP contribution in [-0.2, 0) is 6.42 Å². The molecule has 2 saturated heterocycles. The summed E-state index contributed by atoms with van der Waals surface area (Å²) < 4.78 is 0. The van der Waals surface area contributed by atoms with Crippen LogP contribution in [0.5, 0.6) is 0 Å². The van der Waals surface area contributed by atoms with Gasteiger partial charge in [0.15, 0.2) is 0 Å². The third kappa shape index (κ3) is 6.40. The Balaban J connectivity index is 1.33. The fourth-order valence-electron chi connectivity index (χ4n) is 5.83. The predicted octanol–water partition coefficient (Wildman–Crippen LogP) is 4.66. The summed E-state index contributed by atoms with van der Waals surface area (Å²) in [6.45, 7) is 6.91. The lowest BCUT2D eigenvalue weighted by Crippen LogP contribution is -2.54. The van der Waals surface area contributed by atoms with Crippen molar-refractivity contribution in [2.75, 3.05) is 6.54 Å². The summed E-state index contributed by atoms with van der Waals surface area (Å²) >= 11 is 1.59. The number of aromatic nitrogens is 1.